The summed E-state index contributed by atoms with van der Waals surface area (Å²) in [5, 5.41) is 0.0309. The van der Waals surface area contributed by atoms with Crippen LogP contribution in [0.2, 0.25) is 0 Å². The van der Waals surface area contributed by atoms with Gasteiger partial charge in [0.2, 0.25) is 0 Å². The quantitative estimate of drug-likeness (QED) is 0.477. The molecular weight excluding hydrogens is 144 g/mol. The molecule has 1 aliphatic rings. The number of hydrogen-bond donors (Lipinski definition) is 0. The number of rotatable bonds is 0. The SMILES string of the molecule is C#CC1CC(=O)SC1C#C. The third kappa shape index (κ3) is 1.17. The van der Waals surface area contributed by atoms with E-state index in [1.54, 1.807) is 0 Å². The van der Waals surface area contributed by atoms with E-state index in [4.69, 9.17) is 12.8 Å². The largest absolute Gasteiger partial charge is 0.287 e. The molecule has 0 aliphatic carbocycles. The van der Waals surface area contributed by atoms with Crippen molar-refractivity contribution in [3.63, 3.8) is 0 Å². The summed E-state index contributed by atoms with van der Waals surface area (Å²) in [7, 11) is 0. The molecular formula is C8H6OS. The molecule has 0 aromatic carbocycles. The van der Waals surface area contributed by atoms with Crippen molar-refractivity contribution in [1.82, 2.24) is 0 Å². The number of thioether (sulfide) groups is 1. The Balaban J connectivity index is 2.71. The summed E-state index contributed by atoms with van der Waals surface area (Å²) in [6.07, 6.45) is 10.7. The van der Waals surface area contributed by atoms with Gasteiger partial charge in [0, 0.05) is 6.42 Å². The molecule has 50 valence electrons. The highest BCUT2D eigenvalue weighted by molar-refractivity contribution is 8.14. The van der Waals surface area contributed by atoms with Gasteiger partial charge in [0.05, 0.1) is 11.2 Å². The molecule has 0 radical (unpaired) electrons. The Morgan fingerprint density at radius 2 is 2.20 bits per heavy atom. The van der Waals surface area contributed by atoms with Crippen LogP contribution in [-0.2, 0) is 4.79 Å². The lowest BCUT2D eigenvalue weighted by Gasteiger charge is -2.01. The average Bonchev–Trinajstić information content (AvgIpc) is 2.30. The molecule has 0 aromatic heterocycles. The fourth-order valence-corrected chi connectivity index (χ4v) is 1.82. The minimum Gasteiger partial charge on any atom is -0.287 e. The molecule has 1 rings (SSSR count). The van der Waals surface area contributed by atoms with E-state index < -0.39 is 0 Å². The maximum Gasteiger partial charge on any atom is 0.191 e. The molecule has 10 heavy (non-hydrogen) atoms. The normalized spacial score (nSPS) is 31.2. The number of carbonyl (C=O) groups excluding carboxylic acids is 1. The molecule has 0 bridgehead atoms. The highest BCUT2D eigenvalue weighted by Crippen LogP contribution is 2.32. The van der Waals surface area contributed by atoms with Gasteiger partial charge >= 0.3 is 0 Å². The monoisotopic (exact) mass is 150 g/mol. The summed E-state index contributed by atoms with van der Waals surface area (Å²) in [5.74, 6) is 4.97. The molecule has 0 spiro atoms. The third-order valence-corrected chi connectivity index (χ3v) is 2.54. The van der Waals surface area contributed by atoms with E-state index in [2.05, 4.69) is 11.8 Å². The van der Waals surface area contributed by atoms with E-state index in [0.717, 1.165) is 0 Å². The van der Waals surface area contributed by atoms with Crippen molar-refractivity contribution in [1.29, 1.82) is 0 Å². The summed E-state index contributed by atoms with van der Waals surface area (Å²) >= 11 is 1.18. The molecule has 1 fully saturated rings. The second-order valence-electron chi connectivity index (χ2n) is 2.05. The van der Waals surface area contributed by atoms with Gasteiger partial charge in [-0.2, -0.15) is 0 Å². The first-order valence-corrected chi connectivity index (χ1v) is 3.77. The maximum absolute atomic E-state index is 10.8. The van der Waals surface area contributed by atoms with Crippen LogP contribution in [0.3, 0.4) is 0 Å². The first-order valence-electron chi connectivity index (χ1n) is 2.89. The van der Waals surface area contributed by atoms with Gasteiger partial charge in [0.15, 0.2) is 5.12 Å². The van der Waals surface area contributed by atoms with Crippen molar-refractivity contribution in [2.24, 2.45) is 5.92 Å². The Morgan fingerprint density at radius 1 is 1.50 bits per heavy atom. The first kappa shape index (κ1) is 7.25. The zero-order valence-corrected chi connectivity index (χ0v) is 6.15. The minimum atomic E-state index is -0.0856. The lowest BCUT2D eigenvalue weighted by Crippen LogP contribution is -2.05. The Bertz CT molecular complexity index is 207. The van der Waals surface area contributed by atoms with Gasteiger partial charge < -0.3 is 0 Å². The van der Waals surface area contributed by atoms with Crippen molar-refractivity contribution < 1.29 is 4.79 Å². The lowest BCUT2D eigenvalue weighted by molar-refractivity contribution is -0.110. The Kier molecular flexibility index (Phi) is 2.04. The molecule has 0 N–H and O–H groups in total. The average molecular weight is 150 g/mol. The minimum absolute atomic E-state index is 0.0394. The zero-order valence-electron chi connectivity index (χ0n) is 5.33. The van der Waals surface area contributed by atoms with E-state index in [1.807, 2.05) is 0 Å². The Labute approximate surface area is 64.6 Å². The smallest absolute Gasteiger partial charge is 0.191 e. The molecule has 1 heterocycles. The van der Waals surface area contributed by atoms with Gasteiger partial charge in [-0.15, -0.1) is 18.8 Å². The van der Waals surface area contributed by atoms with Crippen molar-refractivity contribution in [3.05, 3.63) is 0 Å². The molecule has 2 atom stereocenters. The van der Waals surface area contributed by atoms with Gasteiger partial charge in [0.25, 0.3) is 0 Å². The van der Waals surface area contributed by atoms with Crippen LogP contribution in [0.4, 0.5) is 0 Å². The van der Waals surface area contributed by atoms with Crippen molar-refractivity contribution in [3.8, 4) is 24.7 Å². The second-order valence-corrected chi connectivity index (χ2v) is 3.25. The molecule has 0 amide bonds. The van der Waals surface area contributed by atoms with Gasteiger partial charge in [0.1, 0.15) is 0 Å². The summed E-state index contributed by atoms with van der Waals surface area (Å²) in [4.78, 5) is 10.8. The maximum atomic E-state index is 10.8. The van der Waals surface area contributed by atoms with Gasteiger partial charge in [-0.1, -0.05) is 17.7 Å². The van der Waals surface area contributed by atoms with Crippen LogP contribution in [0.15, 0.2) is 0 Å². The summed E-state index contributed by atoms with van der Waals surface area (Å²) < 4.78 is 0. The highest BCUT2D eigenvalue weighted by Gasteiger charge is 2.30. The van der Waals surface area contributed by atoms with Gasteiger partial charge in [-0.05, 0) is 0 Å². The van der Waals surface area contributed by atoms with Gasteiger partial charge in [-0.25, -0.2) is 0 Å². The number of hydrogen-bond acceptors (Lipinski definition) is 2. The van der Waals surface area contributed by atoms with Crippen LogP contribution in [0.25, 0.3) is 0 Å². The van der Waals surface area contributed by atoms with E-state index in [1.165, 1.54) is 11.8 Å². The van der Waals surface area contributed by atoms with Crippen LogP contribution >= 0.6 is 11.8 Å². The summed E-state index contributed by atoms with van der Waals surface area (Å²) in [6.45, 7) is 0. The van der Waals surface area contributed by atoms with Crippen LogP contribution in [0.1, 0.15) is 6.42 Å². The molecule has 1 saturated heterocycles. The molecule has 2 heteroatoms. The van der Waals surface area contributed by atoms with E-state index in [-0.39, 0.29) is 16.3 Å². The summed E-state index contributed by atoms with van der Waals surface area (Å²) in [6, 6.07) is 0. The fourth-order valence-electron chi connectivity index (χ4n) is 0.855. The third-order valence-electron chi connectivity index (χ3n) is 1.39. The standard InChI is InChI=1S/C8H6OS/c1-3-6-5-8(9)10-7(6)4-2/h1-2,6-7H,5H2. The fraction of sp³-hybridized carbons (Fsp3) is 0.375. The van der Waals surface area contributed by atoms with Crippen molar-refractivity contribution in [2.75, 3.05) is 0 Å². The van der Waals surface area contributed by atoms with Gasteiger partial charge in [-0.3, -0.25) is 4.79 Å². The van der Waals surface area contributed by atoms with E-state index >= 15 is 0 Å². The topological polar surface area (TPSA) is 17.1 Å². The Morgan fingerprint density at radius 3 is 2.60 bits per heavy atom. The lowest BCUT2D eigenvalue weighted by atomic mass is 10.0. The first-order chi connectivity index (χ1) is 4.77. The number of terminal acetylenes is 2. The predicted octanol–water partition coefficient (Wildman–Crippen LogP) is 0.901. The van der Waals surface area contributed by atoms with Crippen molar-refractivity contribution in [2.45, 2.75) is 11.7 Å². The number of carbonyl (C=O) groups is 1. The Hall–Kier alpha value is -0.860. The van der Waals surface area contributed by atoms with Crippen LogP contribution in [0, 0.1) is 30.6 Å². The summed E-state index contributed by atoms with van der Waals surface area (Å²) in [5.41, 5.74) is 0. The van der Waals surface area contributed by atoms with E-state index in [0.29, 0.717) is 6.42 Å². The molecule has 1 nitrogen and oxygen atoms in total. The van der Waals surface area contributed by atoms with Crippen LogP contribution in [0.5, 0.6) is 0 Å². The molecule has 0 aromatic rings. The predicted molar refractivity (Wildman–Crippen MR) is 42.2 cm³/mol. The second kappa shape index (κ2) is 2.82. The highest BCUT2D eigenvalue weighted by atomic mass is 32.2. The van der Waals surface area contributed by atoms with E-state index in [9.17, 15) is 4.79 Å². The van der Waals surface area contributed by atoms with Crippen molar-refractivity contribution >= 4 is 16.9 Å². The molecule has 2 unspecified atom stereocenters. The van der Waals surface area contributed by atoms with Crippen LogP contribution in [-0.4, -0.2) is 10.4 Å². The zero-order chi connectivity index (χ0) is 7.56. The molecule has 1 aliphatic heterocycles. The molecule has 0 saturated carbocycles. The van der Waals surface area contributed by atoms with Crippen LogP contribution < -0.4 is 0 Å².